The number of fused-ring (bicyclic) bond motifs is 6. The van der Waals surface area contributed by atoms with E-state index in [-0.39, 0.29) is 20.1 Å². The second-order valence-electron chi connectivity index (χ2n) is 14.8. The fraction of sp³-hybridized carbons (Fsp3) is 0.149. The predicted molar refractivity (Wildman–Crippen MR) is 226 cm³/mol. The number of imidazole rings is 1. The maximum Gasteiger partial charge on any atom is 0.0798 e. The first-order chi connectivity index (χ1) is 25.3. The molecule has 0 saturated carbocycles. The van der Waals surface area contributed by atoms with Crippen LogP contribution in [0.5, 0.6) is 0 Å². The van der Waals surface area contributed by atoms with Crippen molar-refractivity contribution in [1.82, 2.24) is 14.5 Å². The largest absolute Gasteiger partial charge is 0.333 e. The Hall–Kier alpha value is -4.71. The van der Waals surface area contributed by atoms with E-state index in [1.54, 1.807) is 0 Å². The Morgan fingerprint density at radius 1 is 0.736 bits per heavy atom. The third-order valence-corrected chi connectivity index (χ3v) is 12.8. The van der Waals surface area contributed by atoms with E-state index < -0.39 is 8.07 Å². The summed E-state index contributed by atoms with van der Waals surface area (Å²) in [6.45, 7) is 11.7. The van der Waals surface area contributed by atoms with Gasteiger partial charge in [0, 0.05) is 42.1 Å². The van der Waals surface area contributed by atoms with Gasteiger partial charge in [0.25, 0.3) is 0 Å². The van der Waals surface area contributed by atoms with Crippen LogP contribution in [0.15, 0.2) is 140 Å². The van der Waals surface area contributed by atoms with Gasteiger partial charge in [0.15, 0.2) is 0 Å². The van der Waals surface area contributed by atoms with Gasteiger partial charge in [-0.2, -0.15) is 11.3 Å². The molecule has 9 aromatic rings. The van der Waals surface area contributed by atoms with Gasteiger partial charge in [-0.1, -0.05) is 123 Å². The molecule has 0 aliphatic heterocycles. The van der Waals surface area contributed by atoms with Crippen LogP contribution in [0.25, 0.3) is 70.3 Å². The maximum atomic E-state index is 5.17. The first-order valence-corrected chi connectivity index (χ1v) is 22.3. The molecule has 53 heavy (non-hydrogen) atoms. The van der Waals surface area contributed by atoms with E-state index in [9.17, 15) is 0 Å². The monoisotopic (exact) mass is 900 g/mol. The molecule has 0 bridgehead atoms. The zero-order valence-electron chi connectivity index (χ0n) is 30.6. The number of aromatic nitrogens is 3. The molecule has 0 N–H and O–H groups in total. The minimum atomic E-state index is -1.34. The Morgan fingerprint density at radius 3 is 2.23 bits per heavy atom. The number of hydrogen-bond donors (Lipinski definition) is 0. The van der Waals surface area contributed by atoms with E-state index in [1.165, 1.54) is 41.7 Å². The molecule has 0 atom stereocenters. The van der Waals surface area contributed by atoms with Crippen molar-refractivity contribution in [2.75, 3.05) is 0 Å². The molecule has 6 heteroatoms. The van der Waals surface area contributed by atoms with Crippen molar-refractivity contribution in [2.24, 2.45) is 5.92 Å². The topological polar surface area (TPSA) is 30.7 Å². The fourth-order valence-corrected chi connectivity index (χ4v) is 9.96. The molecule has 3 nitrogen and oxygen atoms in total. The normalized spacial score (nSPS) is 11.6. The zero-order valence-corrected chi connectivity index (χ0v) is 34.9. The van der Waals surface area contributed by atoms with Crippen molar-refractivity contribution in [3.63, 3.8) is 0 Å². The number of nitrogens with zero attached hydrogens (tertiary/aromatic N) is 3. The molecule has 265 valence electrons. The van der Waals surface area contributed by atoms with E-state index in [2.05, 4.69) is 171 Å². The maximum absolute atomic E-state index is 5.17. The third-order valence-electron chi connectivity index (χ3n) is 9.53. The van der Waals surface area contributed by atoms with Crippen molar-refractivity contribution in [3.05, 3.63) is 157 Å². The van der Waals surface area contributed by atoms with Crippen LogP contribution in [0.1, 0.15) is 19.4 Å². The summed E-state index contributed by atoms with van der Waals surface area (Å²) < 4.78 is 4.81. The summed E-state index contributed by atoms with van der Waals surface area (Å²) in [6.07, 6.45) is 3.24. The summed E-state index contributed by atoms with van der Waals surface area (Å²) in [5, 5.41) is 6.46. The van der Waals surface area contributed by atoms with Crippen LogP contribution in [-0.4, -0.2) is 22.6 Å². The van der Waals surface area contributed by atoms with Crippen LogP contribution in [0.2, 0.25) is 19.6 Å². The molecule has 3 aromatic heterocycles. The van der Waals surface area contributed by atoms with Crippen LogP contribution in [-0.2, 0) is 26.5 Å². The average Bonchev–Trinajstić information content (AvgIpc) is 3.74. The number of pyridine rings is 1. The zero-order chi connectivity index (χ0) is 35.8. The van der Waals surface area contributed by atoms with Gasteiger partial charge in [-0.15, -0.1) is 54.1 Å². The molecule has 0 aliphatic carbocycles. The van der Waals surface area contributed by atoms with E-state index in [0.717, 1.165) is 45.8 Å². The van der Waals surface area contributed by atoms with Gasteiger partial charge in [0.05, 0.1) is 24.9 Å². The van der Waals surface area contributed by atoms with Crippen molar-refractivity contribution >= 4 is 66.6 Å². The molecule has 0 saturated heterocycles. The second-order valence-corrected chi connectivity index (χ2v) is 20.9. The van der Waals surface area contributed by atoms with Crippen LogP contribution in [0.3, 0.4) is 0 Å². The van der Waals surface area contributed by atoms with Gasteiger partial charge in [0.2, 0.25) is 0 Å². The summed E-state index contributed by atoms with van der Waals surface area (Å²) in [5.41, 5.74) is 7.88. The molecule has 0 aliphatic rings. The Balaban J connectivity index is 0.000000180. The summed E-state index contributed by atoms with van der Waals surface area (Å²) in [4.78, 5) is 9.85. The standard InChI is InChI=1S/C29H17N2S.C18H24NSi.Ir/c1-2-10-20(11-3-1)31-27-21-12-5-4-9-19(21)17-18-25(27)30-29(31)24-15-8-14-23-22-13-6-7-16-26(22)32-28(23)24;1-14(2)11-16-12-17(15-9-7-6-8-10-15)19-13-18(16)20(3,4)5;/h1-14,16-18H;6-9,12-14H,11H2,1-5H3;/q2*-1;. The van der Waals surface area contributed by atoms with Crippen LogP contribution in [0, 0.1) is 18.1 Å². The van der Waals surface area contributed by atoms with Gasteiger partial charge < -0.3 is 9.55 Å². The van der Waals surface area contributed by atoms with E-state index >= 15 is 0 Å². The summed E-state index contributed by atoms with van der Waals surface area (Å²) in [6, 6.07) is 53.3. The quantitative estimate of drug-likeness (QED) is 0.123. The van der Waals surface area contributed by atoms with Gasteiger partial charge in [-0.25, -0.2) is 0 Å². The molecule has 1 radical (unpaired) electrons. The van der Waals surface area contributed by atoms with Crippen LogP contribution in [0.4, 0.5) is 0 Å². The second kappa shape index (κ2) is 15.3. The van der Waals surface area contributed by atoms with Crippen molar-refractivity contribution < 1.29 is 20.1 Å². The fourth-order valence-electron chi connectivity index (χ4n) is 7.17. The molecule has 0 spiro atoms. The number of rotatable bonds is 6. The van der Waals surface area contributed by atoms with Crippen molar-refractivity contribution in [1.29, 1.82) is 0 Å². The molecule has 3 heterocycles. The number of thiophene rings is 1. The molecular formula is C47H41IrN3SSi-2. The molecule has 0 unspecified atom stereocenters. The van der Waals surface area contributed by atoms with Crippen molar-refractivity contribution in [3.8, 4) is 28.3 Å². The summed E-state index contributed by atoms with van der Waals surface area (Å²) in [7, 11) is -1.34. The Bertz CT molecular complexity index is 2670. The molecule has 6 aromatic carbocycles. The number of hydrogen-bond acceptors (Lipinski definition) is 3. The number of para-hydroxylation sites is 1. The number of benzene rings is 6. The van der Waals surface area contributed by atoms with E-state index in [4.69, 9.17) is 4.98 Å². The summed E-state index contributed by atoms with van der Waals surface area (Å²) >= 11 is 1.82. The Kier molecular flexibility index (Phi) is 10.6. The van der Waals surface area contributed by atoms with Gasteiger partial charge >= 0.3 is 0 Å². The van der Waals surface area contributed by atoms with Gasteiger partial charge in [-0.3, -0.25) is 4.98 Å². The van der Waals surface area contributed by atoms with E-state index in [0.29, 0.717) is 5.92 Å². The van der Waals surface area contributed by atoms with E-state index in [1.807, 2.05) is 35.6 Å². The predicted octanol–water partition coefficient (Wildman–Crippen LogP) is 12.3. The molecule has 9 rings (SSSR count). The first kappa shape index (κ1) is 36.6. The first-order valence-electron chi connectivity index (χ1n) is 18.0. The molecular weight excluding hydrogens is 859 g/mol. The average molecular weight is 900 g/mol. The minimum Gasteiger partial charge on any atom is -0.333 e. The SMILES string of the molecule is CC(C)Cc1cc(-c2[c-]cccc2)ncc1[Si](C)(C)C.[Ir].[c-]1ccc2c(sc3ccccc32)c1-c1nc2ccc3ccccc3c2n1-c1ccccc1. The van der Waals surface area contributed by atoms with Gasteiger partial charge in [-0.05, 0) is 63.0 Å². The third kappa shape index (κ3) is 7.30. The minimum absolute atomic E-state index is 0. The van der Waals surface area contributed by atoms with Gasteiger partial charge in [0.1, 0.15) is 0 Å². The molecule has 0 fully saturated rings. The Morgan fingerprint density at radius 2 is 1.47 bits per heavy atom. The van der Waals surface area contributed by atoms with Crippen LogP contribution < -0.4 is 5.19 Å². The van der Waals surface area contributed by atoms with Crippen molar-refractivity contribution in [2.45, 2.75) is 39.9 Å². The summed E-state index contributed by atoms with van der Waals surface area (Å²) in [5.74, 6) is 1.60. The molecule has 0 amide bonds. The van der Waals surface area contributed by atoms with Crippen LogP contribution >= 0.6 is 11.3 Å². The Labute approximate surface area is 330 Å². The smallest absolute Gasteiger partial charge is 0.0798 e.